The molecule has 0 aliphatic rings. The van der Waals surface area contributed by atoms with Crippen LogP contribution in [0.4, 0.5) is 0 Å². The Labute approximate surface area is 109 Å². The van der Waals surface area contributed by atoms with Crippen molar-refractivity contribution in [1.29, 1.82) is 0 Å². The third-order valence-corrected chi connectivity index (χ3v) is 3.50. The standard InChI is InChI=1S/C14H14BrNO/c1-10-5-6-12(8-11(10)2)9-16-7-3-4-13(15)14(16)17/h3-8H,9H2,1-2H3. The van der Waals surface area contributed by atoms with Gasteiger partial charge in [0.1, 0.15) is 0 Å². The summed E-state index contributed by atoms with van der Waals surface area (Å²) in [7, 11) is 0. The number of aromatic nitrogens is 1. The van der Waals surface area contributed by atoms with Gasteiger partial charge in [-0.25, -0.2) is 0 Å². The second-order valence-electron chi connectivity index (χ2n) is 4.21. The molecule has 0 saturated carbocycles. The van der Waals surface area contributed by atoms with Gasteiger partial charge in [-0.2, -0.15) is 0 Å². The van der Waals surface area contributed by atoms with Crippen LogP contribution in [0.3, 0.4) is 0 Å². The van der Waals surface area contributed by atoms with Crippen LogP contribution in [-0.2, 0) is 6.54 Å². The minimum absolute atomic E-state index is 0.00530. The SMILES string of the molecule is Cc1ccc(Cn2cccc(Br)c2=O)cc1C. The van der Waals surface area contributed by atoms with Crippen molar-refractivity contribution in [3.05, 3.63) is 68.0 Å². The summed E-state index contributed by atoms with van der Waals surface area (Å²) < 4.78 is 2.30. The first-order chi connectivity index (χ1) is 8.08. The highest BCUT2D eigenvalue weighted by Crippen LogP contribution is 2.11. The van der Waals surface area contributed by atoms with Gasteiger partial charge in [-0.05, 0) is 58.6 Å². The van der Waals surface area contributed by atoms with Crippen molar-refractivity contribution in [2.45, 2.75) is 20.4 Å². The van der Waals surface area contributed by atoms with E-state index in [2.05, 4.69) is 48.0 Å². The summed E-state index contributed by atoms with van der Waals surface area (Å²) in [6.07, 6.45) is 1.81. The van der Waals surface area contributed by atoms with Crippen LogP contribution in [0.5, 0.6) is 0 Å². The number of halogens is 1. The highest BCUT2D eigenvalue weighted by molar-refractivity contribution is 9.10. The first-order valence-corrected chi connectivity index (χ1v) is 6.28. The molecule has 1 heterocycles. The number of rotatable bonds is 2. The molecule has 0 fully saturated rings. The number of aryl methyl sites for hydroxylation is 2. The van der Waals surface area contributed by atoms with E-state index in [4.69, 9.17) is 0 Å². The molecule has 2 nitrogen and oxygen atoms in total. The minimum Gasteiger partial charge on any atom is -0.310 e. The largest absolute Gasteiger partial charge is 0.310 e. The van der Waals surface area contributed by atoms with E-state index in [9.17, 15) is 4.79 Å². The molecule has 0 amide bonds. The highest BCUT2D eigenvalue weighted by Gasteiger charge is 2.02. The third-order valence-electron chi connectivity index (χ3n) is 2.90. The minimum atomic E-state index is 0.00530. The Balaban J connectivity index is 2.35. The summed E-state index contributed by atoms with van der Waals surface area (Å²) >= 11 is 3.25. The fourth-order valence-electron chi connectivity index (χ4n) is 1.73. The van der Waals surface area contributed by atoms with Crippen molar-refractivity contribution in [2.75, 3.05) is 0 Å². The van der Waals surface area contributed by atoms with Crippen LogP contribution in [0.1, 0.15) is 16.7 Å². The molecule has 1 aromatic heterocycles. The first kappa shape index (κ1) is 12.1. The Morgan fingerprint density at radius 1 is 1.18 bits per heavy atom. The first-order valence-electron chi connectivity index (χ1n) is 5.49. The van der Waals surface area contributed by atoms with Crippen molar-refractivity contribution in [3.63, 3.8) is 0 Å². The van der Waals surface area contributed by atoms with Crippen LogP contribution in [0.2, 0.25) is 0 Å². The summed E-state index contributed by atoms with van der Waals surface area (Å²) in [4.78, 5) is 11.8. The molecule has 0 unspecified atom stereocenters. The maximum atomic E-state index is 11.8. The molecule has 0 aliphatic carbocycles. The van der Waals surface area contributed by atoms with Gasteiger partial charge < -0.3 is 4.57 Å². The maximum absolute atomic E-state index is 11.8. The van der Waals surface area contributed by atoms with Gasteiger partial charge in [-0.15, -0.1) is 0 Å². The predicted molar refractivity (Wildman–Crippen MR) is 73.4 cm³/mol. The molecule has 0 bridgehead atoms. The molecule has 0 N–H and O–H groups in total. The van der Waals surface area contributed by atoms with Crippen molar-refractivity contribution in [1.82, 2.24) is 4.57 Å². The van der Waals surface area contributed by atoms with Gasteiger partial charge in [0.25, 0.3) is 5.56 Å². The summed E-state index contributed by atoms with van der Waals surface area (Å²) in [6, 6.07) is 9.91. The lowest BCUT2D eigenvalue weighted by Crippen LogP contribution is -2.20. The molecular weight excluding hydrogens is 278 g/mol. The van der Waals surface area contributed by atoms with E-state index in [1.54, 1.807) is 10.6 Å². The van der Waals surface area contributed by atoms with Crippen molar-refractivity contribution in [3.8, 4) is 0 Å². The average molecular weight is 292 g/mol. The topological polar surface area (TPSA) is 22.0 Å². The highest BCUT2D eigenvalue weighted by atomic mass is 79.9. The molecule has 2 rings (SSSR count). The lowest BCUT2D eigenvalue weighted by molar-refractivity contribution is 0.754. The predicted octanol–water partition coefficient (Wildman–Crippen LogP) is 3.28. The Bertz CT molecular complexity index is 601. The van der Waals surface area contributed by atoms with Crippen LogP contribution < -0.4 is 5.56 Å². The fourth-order valence-corrected chi connectivity index (χ4v) is 2.11. The summed E-state index contributed by atoms with van der Waals surface area (Å²) in [6.45, 7) is 4.78. The van der Waals surface area contributed by atoms with Gasteiger partial charge in [-0.1, -0.05) is 18.2 Å². The molecule has 0 radical (unpaired) electrons. The van der Waals surface area contributed by atoms with E-state index in [1.165, 1.54) is 11.1 Å². The quantitative estimate of drug-likeness (QED) is 0.832. The smallest absolute Gasteiger partial charge is 0.265 e. The van der Waals surface area contributed by atoms with Crippen LogP contribution in [0.15, 0.2) is 45.8 Å². The number of nitrogens with zero attached hydrogens (tertiary/aromatic N) is 1. The number of pyridine rings is 1. The zero-order valence-corrected chi connectivity index (χ0v) is 11.5. The van der Waals surface area contributed by atoms with E-state index >= 15 is 0 Å². The molecule has 3 heteroatoms. The lowest BCUT2D eigenvalue weighted by atomic mass is 10.1. The Morgan fingerprint density at radius 3 is 2.65 bits per heavy atom. The van der Waals surface area contributed by atoms with Gasteiger partial charge in [0.15, 0.2) is 0 Å². The number of hydrogen-bond acceptors (Lipinski definition) is 1. The van der Waals surface area contributed by atoms with Crippen LogP contribution in [-0.4, -0.2) is 4.57 Å². The summed E-state index contributed by atoms with van der Waals surface area (Å²) in [5, 5.41) is 0. The van der Waals surface area contributed by atoms with E-state index < -0.39 is 0 Å². The summed E-state index contributed by atoms with van der Waals surface area (Å²) in [5.74, 6) is 0. The van der Waals surface area contributed by atoms with Crippen LogP contribution in [0.25, 0.3) is 0 Å². The monoisotopic (exact) mass is 291 g/mol. The Morgan fingerprint density at radius 2 is 1.94 bits per heavy atom. The van der Waals surface area contributed by atoms with Crippen molar-refractivity contribution >= 4 is 15.9 Å². The Hall–Kier alpha value is -1.35. The normalized spacial score (nSPS) is 10.5. The van der Waals surface area contributed by atoms with Gasteiger partial charge >= 0.3 is 0 Å². The fraction of sp³-hybridized carbons (Fsp3) is 0.214. The van der Waals surface area contributed by atoms with Crippen molar-refractivity contribution in [2.24, 2.45) is 0 Å². The number of hydrogen-bond donors (Lipinski definition) is 0. The van der Waals surface area contributed by atoms with Gasteiger partial charge in [-0.3, -0.25) is 4.79 Å². The molecule has 88 valence electrons. The number of benzene rings is 1. The van der Waals surface area contributed by atoms with Crippen LogP contribution >= 0.6 is 15.9 Å². The van der Waals surface area contributed by atoms with E-state index in [1.807, 2.05) is 12.3 Å². The second kappa shape index (κ2) is 4.88. The molecule has 1 aromatic carbocycles. The van der Waals surface area contributed by atoms with Crippen LogP contribution in [0, 0.1) is 13.8 Å². The molecule has 17 heavy (non-hydrogen) atoms. The van der Waals surface area contributed by atoms with E-state index in [-0.39, 0.29) is 5.56 Å². The van der Waals surface area contributed by atoms with Crippen molar-refractivity contribution < 1.29 is 0 Å². The molecule has 0 aliphatic heterocycles. The zero-order chi connectivity index (χ0) is 12.4. The van der Waals surface area contributed by atoms with Gasteiger partial charge in [0, 0.05) is 6.20 Å². The maximum Gasteiger partial charge on any atom is 0.265 e. The van der Waals surface area contributed by atoms with E-state index in [0.29, 0.717) is 11.0 Å². The average Bonchev–Trinajstić information content (AvgIpc) is 2.30. The third kappa shape index (κ3) is 2.67. The second-order valence-corrected chi connectivity index (χ2v) is 5.06. The summed E-state index contributed by atoms with van der Waals surface area (Å²) in [5.41, 5.74) is 3.68. The van der Waals surface area contributed by atoms with Gasteiger partial charge in [0.05, 0.1) is 11.0 Å². The molecule has 0 atom stereocenters. The molecule has 0 spiro atoms. The van der Waals surface area contributed by atoms with Gasteiger partial charge in [0.2, 0.25) is 0 Å². The lowest BCUT2D eigenvalue weighted by Gasteiger charge is -2.08. The van der Waals surface area contributed by atoms with E-state index in [0.717, 1.165) is 5.56 Å². The molecule has 2 aromatic rings. The zero-order valence-electron chi connectivity index (χ0n) is 9.90. The molecule has 0 saturated heterocycles. The Kier molecular flexibility index (Phi) is 3.48. The molecular formula is C14H14BrNO.